The first kappa shape index (κ1) is 17.9. The Hall–Kier alpha value is -2.12. The molecule has 1 saturated heterocycles. The van der Waals surface area contributed by atoms with Gasteiger partial charge in [0.2, 0.25) is 0 Å². The van der Waals surface area contributed by atoms with Crippen LogP contribution < -0.4 is 10.6 Å². The first-order valence-corrected chi connectivity index (χ1v) is 10.9. The molecule has 2 N–H and O–H groups in total. The van der Waals surface area contributed by atoms with Crippen molar-refractivity contribution in [3.8, 4) is 0 Å². The van der Waals surface area contributed by atoms with Crippen LogP contribution in [-0.4, -0.2) is 41.7 Å². The minimum absolute atomic E-state index is 0.0689. The molecule has 1 aromatic carbocycles. The van der Waals surface area contributed by atoms with E-state index in [0.29, 0.717) is 25.8 Å². The van der Waals surface area contributed by atoms with Gasteiger partial charge in [-0.15, -0.1) is 0 Å². The number of benzene rings is 1. The van der Waals surface area contributed by atoms with Crippen molar-refractivity contribution in [2.24, 2.45) is 0 Å². The predicted molar refractivity (Wildman–Crippen MR) is 110 cm³/mol. The van der Waals surface area contributed by atoms with E-state index in [2.05, 4.69) is 41.8 Å². The van der Waals surface area contributed by atoms with Crippen molar-refractivity contribution < 1.29 is 9.53 Å². The van der Waals surface area contributed by atoms with Crippen molar-refractivity contribution in [2.75, 3.05) is 25.0 Å². The van der Waals surface area contributed by atoms with E-state index >= 15 is 0 Å². The third-order valence-electron chi connectivity index (χ3n) is 5.92. The highest BCUT2D eigenvalue weighted by Gasteiger charge is 2.47. The summed E-state index contributed by atoms with van der Waals surface area (Å²) in [7, 11) is 0. The van der Waals surface area contributed by atoms with Gasteiger partial charge in [-0.3, -0.25) is 0 Å². The molecule has 6 nitrogen and oxygen atoms in total. The number of aromatic nitrogens is 1. The number of urea groups is 1. The molecule has 1 aliphatic carbocycles. The summed E-state index contributed by atoms with van der Waals surface area (Å²) in [5, 5.41) is 7.52. The zero-order chi connectivity index (χ0) is 19.1. The number of thiazole rings is 1. The molecule has 28 heavy (non-hydrogen) atoms. The van der Waals surface area contributed by atoms with Crippen LogP contribution in [0.25, 0.3) is 0 Å². The van der Waals surface area contributed by atoms with Gasteiger partial charge >= 0.3 is 6.03 Å². The third-order valence-corrected chi connectivity index (χ3v) is 6.91. The predicted octanol–water partition coefficient (Wildman–Crippen LogP) is 3.41. The maximum atomic E-state index is 12.5. The largest absolute Gasteiger partial charge is 0.375 e. The number of carbonyl (C=O) groups is 1. The SMILES string of the molecule is Cc1ccc(CNc2nc3c(s2)COCC32CCN(C(=O)NC3CC3)C2)cc1. The summed E-state index contributed by atoms with van der Waals surface area (Å²) in [6.07, 6.45) is 3.14. The van der Waals surface area contributed by atoms with Gasteiger partial charge in [-0.25, -0.2) is 9.78 Å². The van der Waals surface area contributed by atoms with Crippen molar-refractivity contribution >= 4 is 22.5 Å². The van der Waals surface area contributed by atoms with E-state index in [-0.39, 0.29) is 11.4 Å². The third kappa shape index (κ3) is 3.49. The number of aryl methyl sites for hydroxylation is 1. The highest BCUT2D eigenvalue weighted by atomic mass is 32.1. The van der Waals surface area contributed by atoms with Crippen LogP contribution >= 0.6 is 11.3 Å². The number of amides is 2. The molecule has 3 heterocycles. The van der Waals surface area contributed by atoms with Gasteiger partial charge in [-0.05, 0) is 31.7 Å². The lowest BCUT2D eigenvalue weighted by Gasteiger charge is -2.32. The first-order chi connectivity index (χ1) is 13.6. The Balaban J connectivity index is 1.29. The summed E-state index contributed by atoms with van der Waals surface area (Å²) >= 11 is 1.68. The van der Waals surface area contributed by atoms with Crippen LogP contribution in [0.4, 0.5) is 9.93 Å². The molecular formula is C21H26N4O2S. The summed E-state index contributed by atoms with van der Waals surface area (Å²) in [6.45, 7) is 5.59. The van der Waals surface area contributed by atoms with E-state index in [1.165, 1.54) is 16.0 Å². The van der Waals surface area contributed by atoms with Crippen LogP contribution in [-0.2, 0) is 23.3 Å². The molecule has 3 aliphatic rings. The molecule has 7 heteroatoms. The fraction of sp³-hybridized carbons (Fsp3) is 0.524. The first-order valence-electron chi connectivity index (χ1n) is 10.0. The number of hydrogen-bond acceptors (Lipinski definition) is 5. The molecule has 1 unspecified atom stereocenters. The average Bonchev–Trinajstić information content (AvgIpc) is 3.24. The smallest absolute Gasteiger partial charge is 0.317 e. The number of ether oxygens (including phenoxy) is 1. The molecule has 1 atom stereocenters. The molecule has 148 valence electrons. The molecule has 5 rings (SSSR count). The van der Waals surface area contributed by atoms with Crippen LogP contribution in [0.1, 0.15) is 41.0 Å². The molecule has 1 saturated carbocycles. The zero-order valence-electron chi connectivity index (χ0n) is 16.2. The number of nitrogens with one attached hydrogen (secondary N) is 2. The van der Waals surface area contributed by atoms with Crippen molar-refractivity contribution in [1.82, 2.24) is 15.2 Å². The van der Waals surface area contributed by atoms with Gasteiger partial charge in [-0.2, -0.15) is 0 Å². The number of rotatable bonds is 4. The molecule has 0 bridgehead atoms. The Kier molecular flexibility index (Phi) is 4.51. The van der Waals surface area contributed by atoms with Gasteiger partial charge in [0.25, 0.3) is 0 Å². The summed E-state index contributed by atoms with van der Waals surface area (Å²) < 4.78 is 5.93. The maximum absolute atomic E-state index is 12.5. The van der Waals surface area contributed by atoms with Crippen LogP contribution in [0.3, 0.4) is 0 Å². The van der Waals surface area contributed by atoms with Crippen LogP contribution in [0, 0.1) is 6.92 Å². The zero-order valence-corrected chi connectivity index (χ0v) is 17.0. The Morgan fingerprint density at radius 1 is 1.36 bits per heavy atom. The highest BCUT2D eigenvalue weighted by molar-refractivity contribution is 7.15. The molecule has 0 radical (unpaired) electrons. The van der Waals surface area contributed by atoms with E-state index in [4.69, 9.17) is 9.72 Å². The molecule has 1 aromatic heterocycles. The molecule has 2 aromatic rings. The fourth-order valence-electron chi connectivity index (χ4n) is 4.08. The maximum Gasteiger partial charge on any atom is 0.317 e. The van der Waals surface area contributed by atoms with E-state index in [0.717, 1.165) is 43.2 Å². The summed E-state index contributed by atoms with van der Waals surface area (Å²) in [4.78, 5) is 20.6. The number of carbonyl (C=O) groups excluding carboxylic acids is 1. The summed E-state index contributed by atoms with van der Waals surface area (Å²) in [5.41, 5.74) is 3.49. The summed E-state index contributed by atoms with van der Waals surface area (Å²) in [6, 6.07) is 9.01. The van der Waals surface area contributed by atoms with Crippen molar-refractivity contribution in [3.05, 3.63) is 46.0 Å². The molecule has 1 spiro atoms. The molecule has 2 aliphatic heterocycles. The van der Waals surface area contributed by atoms with Crippen LogP contribution in [0.2, 0.25) is 0 Å². The Bertz CT molecular complexity index is 877. The minimum Gasteiger partial charge on any atom is -0.375 e. The second kappa shape index (κ2) is 7.04. The van der Waals surface area contributed by atoms with Crippen molar-refractivity contribution in [2.45, 2.75) is 50.8 Å². The minimum atomic E-state index is -0.158. The topological polar surface area (TPSA) is 66.5 Å². The van der Waals surface area contributed by atoms with Crippen molar-refractivity contribution in [1.29, 1.82) is 0 Å². The van der Waals surface area contributed by atoms with Gasteiger partial charge in [0, 0.05) is 25.7 Å². The van der Waals surface area contributed by atoms with E-state index in [1.54, 1.807) is 11.3 Å². The second-order valence-corrected chi connectivity index (χ2v) is 9.38. The number of hydrogen-bond donors (Lipinski definition) is 2. The normalized spacial score (nSPS) is 23.7. The number of fused-ring (bicyclic) bond motifs is 2. The number of anilines is 1. The Morgan fingerprint density at radius 2 is 2.18 bits per heavy atom. The van der Waals surface area contributed by atoms with Gasteiger partial charge in [0.1, 0.15) is 0 Å². The lowest BCUT2D eigenvalue weighted by Crippen LogP contribution is -2.44. The Morgan fingerprint density at radius 3 is 2.96 bits per heavy atom. The average molecular weight is 399 g/mol. The molecule has 2 amide bonds. The monoisotopic (exact) mass is 398 g/mol. The standard InChI is InChI=1S/C21H26N4O2S/c1-14-2-4-15(5-3-14)10-22-19-24-18-17(28-19)11-27-13-21(18)8-9-25(12-21)20(26)23-16-6-7-16/h2-5,16H,6-13H2,1H3,(H,22,24)(H,23,26). The lowest BCUT2D eigenvalue weighted by atomic mass is 9.82. The molecular weight excluding hydrogens is 372 g/mol. The van der Waals surface area contributed by atoms with Gasteiger partial charge in [0.15, 0.2) is 5.13 Å². The van der Waals surface area contributed by atoms with Gasteiger partial charge in [0.05, 0.1) is 29.2 Å². The fourth-order valence-corrected chi connectivity index (χ4v) is 5.10. The lowest BCUT2D eigenvalue weighted by molar-refractivity contribution is 0.0551. The summed E-state index contributed by atoms with van der Waals surface area (Å²) in [5.74, 6) is 0. The van der Waals surface area contributed by atoms with Crippen LogP contribution in [0.15, 0.2) is 24.3 Å². The number of likely N-dealkylation sites (tertiary alicyclic amines) is 1. The molecule has 2 fully saturated rings. The number of nitrogens with zero attached hydrogens (tertiary/aromatic N) is 2. The van der Waals surface area contributed by atoms with Crippen LogP contribution in [0.5, 0.6) is 0 Å². The second-order valence-electron chi connectivity index (χ2n) is 8.30. The van der Waals surface area contributed by atoms with E-state index < -0.39 is 0 Å². The van der Waals surface area contributed by atoms with Crippen molar-refractivity contribution in [3.63, 3.8) is 0 Å². The van der Waals surface area contributed by atoms with E-state index in [1.807, 2.05) is 4.90 Å². The van der Waals surface area contributed by atoms with E-state index in [9.17, 15) is 4.79 Å². The quantitative estimate of drug-likeness (QED) is 0.828. The van der Waals surface area contributed by atoms with Gasteiger partial charge < -0.3 is 20.3 Å². The Labute approximate surface area is 169 Å². The highest BCUT2D eigenvalue weighted by Crippen LogP contribution is 2.43. The van der Waals surface area contributed by atoms with Gasteiger partial charge in [-0.1, -0.05) is 41.2 Å².